The van der Waals surface area contributed by atoms with Crippen LogP contribution < -0.4 is 10.7 Å². The minimum Gasteiger partial charge on any atom is -0.502 e. The van der Waals surface area contributed by atoms with Crippen LogP contribution in [0.4, 0.5) is 5.82 Å². The number of thioether (sulfide) groups is 1. The second-order valence-electron chi connectivity index (χ2n) is 5.51. The maximum atomic E-state index is 12.0. The Morgan fingerprint density at radius 2 is 2.00 bits per heavy atom. The summed E-state index contributed by atoms with van der Waals surface area (Å²) in [5, 5.41) is 22.8. The number of rotatable bonds is 6. The van der Waals surface area contributed by atoms with Crippen molar-refractivity contribution >= 4 is 17.6 Å². The maximum absolute atomic E-state index is 12.0. The molecule has 1 aromatic carbocycles. The van der Waals surface area contributed by atoms with Gasteiger partial charge in [0.25, 0.3) is 0 Å². The summed E-state index contributed by atoms with van der Waals surface area (Å²) in [5.74, 6) is 0.174. The summed E-state index contributed by atoms with van der Waals surface area (Å²) >= 11 is 1.61. The van der Waals surface area contributed by atoms with Crippen LogP contribution in [0.2, 0.25) is 0 Å². The molecule has 0 saturated carbocycles. The number of pyridine rings is 1. The fraction of sp³-hybridized carbons (Fsp3) is 0.158. The van der Waals surface area contributed by atoms with Gasteiger partial charge in [0.05, 0.1) is 0 Å². The molecule has 134 valence electrons. The number of aliphatic hydroxyl groups is 1. The van der Waals surface area contributed by atoms with Crippen LogP contribution in [0.15, 0.2) is 68.8 Å². The average Bonchev–Trinajstić information content (AvgIpc) is 2.69. The van der Waals surface area contributed by atoms with Crippen molar-refractivity contribution in [3.05, 3.63) is 82.0 Å². The van der Waals surface area contributed by atoms with E-state index in [0.29, 0.717) is 5.82 Å². The lowest BCUT2D eigenvalue weighted by atomic mass is 10.0. The van der Waals surface area contributed by atoms with Gasteiger partial charge in [-0.1, -0.05) is 18.2 Å². The zero-order chi connectivity index (χ0) is 18.5. The first-order chi connectivity index (χ1) is 12.6. The summed E-state index contributed by atoms with van der Waals surface area (Å²) in [7, 11) is 0. The number of benzene rings is 1. The quantitative estimate of drug-likeness (QED) is 0.574. The molecular weight excluding hydrogens is 352 g/mol. The molecule has 0 bridgehead atoms. The summed E-state index contributed by atoms with van der Waals surface area (Å²) in [6, 6.07) is 13.5. The van der Waals surface area contributed by atoms with Crippen molar-refractivity contribution in [1.82, 2.24) is 4.98 Å². The van der Waals surface area contributed by atoms with E-state index in [1.807, 2.05) is 36.6 Å². The number of aromatic hydroxyl groups is 1. The normalized spacial score (nSPS) is 11.9. The van der Waals surface area contributed by atoms with Crippen molar-refractivity contribution in [1.29, 1.82) is 0 Å². The largest absolute Gasteiger partial charge is 0.502 e. The highest BCUT2D eigenvalue weighted by Crippen LogP contribution is 2.32. The van der Waals surface area contributed by atoms with Gasteiger partial charge in [-0.3, -0.25) is 4.79 Å². The van der Waals surface area contributed by atoms with Crippen molar-refractivity contribution in [3.63, 3.8) is 0 Å². The lowest BCUT2D eigenvalue weighted by Gasteiger charge is -2.20. The predicted molar refractivity (Wildman–Crippen MR) is 100 cm³/mol. The first-order valence-electron chi connectivity index (χ1n) is 7.90. The molecule has 26 heavy (non-hydrogen) atoms. The highest BCUT2D eigenvalue weighted by molar-refractivity contribution is 7.98. The number of aromatic nitrogens is 1. The monoisotopic (exact) mass is 370 g/mol. The lowest BCUT2D eigenvalue weighted by molar-refractivity contribution is 0.234. The van der Waals surface area contributed by atoms with Gasteiger partial charge in [0, 0.05) is 17.2 Å². The molecular formula is C19H18N2O4S. The molecule has 0 unspecified atom stereocenters. The molecule has 3 N–H and O–H groups in total. The van der Waals surface area contributed by atoms with Gasteiger partial charge in [-0.05, 0) is 36.1 Å². The van der Waals surface area contributed by atoms with E-state index in [1.165, 1.54) is 0 Å². The van der Waals surface area contributed by atoms with Gasteiger partial charge in [0.1, 0.15) is 24.2 Å². The first-order valence-corrected chi connectivity index (χ1v) is 9.13. The van der Waals surface area contributed by atoms with E-state index in [-0.39, 0.29) is 11.5 Å². The molecule has 0 fully saturated rings. The van der Waals surface area contributed by atoms with Gasteiger partial charge in [-0.25, -0.2) is 4.98 Å². The highest BCUT2D eigenvalue weighted by Gasteiger charge is 2.24. The van der Waals surface area contributed by atoms with Crippen molar-refractivity contribution in [3.8, 4) is 5.75 Å². The van der Waals surface area contributed by atoms with Crippen LogP contribution in [0.25, 0.3) is 0 Å². The molecule has 0 radical (unpaired) electrons. The fourth-order valence-corrected chi connectivity index (χ4v) is 2.93. The zero-order valence-corrected chi connectivity index (χ0v) is 14.9. The van der Waals surface area contributed by atoms with Crippen LogP contribution in [-0.4, -0.2) is 21.5 Å². The van der Waals surface area contributed by atoms with Crippen LogP contribution in [0.3, 0.4) is 0 Å². The summed E-state index contributed by atoms with van der Waals surface area (Å²) in [6.07, 6.45) is 3.62. The Hall–Kier alpha value is -2.77. The van der Waals surface area contributed by atoms with E-state index < -0.39 is 23.8 Å². The minimum absolute atomic E-state index is 0.0316. The molecule has 0 aliphatic rings. The van der Waals surface area contributed by atoms with Crippen LogP contribution >= 0.6 is 11.8 Å². The zero-order valence-electron chi connectivity index (χ0n) is 14.0. The van der Waals surface area contributed by atoms with Crippen molar-refractivity contribution in [2.75, 3.05) is 11.6 Å². The Morgan fingerprint density at radius 3 is 2.62 bits per heavy atom. The molecule has 0 spiro atoms. The van der Waals surface area contributed by atoms with Gasteiger partial charge in [-0.2, -0.15) is 0 Å². The van der Waals surface area contributed by atoms with Gasteiger partial charge < -0.3 is 19.9 Å². The SMILES string of the molecule is CSc1ccc([C@H](Nc2ccccn2)c2oc(CO)cc(=O)c2O)cc1. The van der Waals surface area contributed by atoms with E-state index in [2.05, 4.69) is 10.3 Å². The van der Waals surface area contributed by atoms with E-state index in [0.717, 1.165) is 16.5 Å². The van der Waals surface area contributed by atoms with Crippen LogP contribution in [0, 0.1) is 0 Å². The molecule has 0 amide bonds. The van der Waals surface area contributed by atoms with Gasteiger partial charge in [0.15, 0.2) is 5.76 Å². The predicted octanol–water partition coefficient (Wildman–Crippen LogP) is 3.16. The standard InChI is InChI=1S/C19H18N2O4S/c1-26-14-7-5-12(6-8-14)17(21-16-4-2-3-9-20-16)19-18(24)15(23)10-13(11-22)25-19/h2-10,17,22,24H,11H2,1H3,(H,20,21)/t17-/m0/s1. The third-order valence-corrected chi connectivity index (χ3v) is 4.57. The molecule has 3 rings (SSSR count). The molecule has 0 aliphatic carbocycles. The molecule has 2 aromatic heterocycles. The number of hydrogen-bond donors (Lipinski definition) is 3. The molecule has 3 aromatic rings. The number of aliphatic hydroxyl groups excluding tert-OH is 1. The first kappa shape index (κ1) is 18.0. The number of nitrogens with one attached hydrogen (secondary N) is 1. The minimum atomic E-state index is -0.653. The molecule has 2 heterocycles. The highest BCUT2D eigenvalue weighted by atomic mass is 32.2. The Kier molecular flexibility index (Phi) is 5.60. The van der Waals surface area contributed by atoms with Crippen LogP contribution in [-0.2, 0) is 6.61 Å². The van der Waals surface area contributed by atoms with Gasteiger partial charge >= 0.3 is 0 Å². The second-order valence-corrected chi connectivity index (χ2v) is 6.39. The van der Waals surface area contributed by atoms with E-state index >= 15 is 0 Å². The average molecular weight is 370 g/mol. The summed E-state index contributed by atoms with van der Waals surface area (Å²) in [4.78, 5) is 17.4. The number of anilines is 1. The lowest BCUT2D eigenvalue weighted by Crippen LogP contribution is -2.17. The van der Waals surface area contributed by atoms with E-state index in [4.69, 9.17) is 4.42 Å². The van der Waals surface area contributed by atoms with Gasteiger partial charge in [0.2, 0.25) is 11.2 Å². The third-order valence-electron chi connectivity index (χ3n) is 3.82. The van der Waals surface area contributed by atoms with E-state index in [1.54, 1.807) is 30.1 Å². The molecule has 1 atom stereocenters. The molecule has 0 aliphatic heterocycles. The topological polar surface area (TPSA) is 95.6 Å². The van der Waals surface area contributed by atoms with Crippen LogP contribution in [0.5, 0.6) is 5.75 Å². The summed E-state index contributed by atoms with van der Waals surface area (Å²) < 4.78 is 5.59. The Labute approximate surface area is 154 Å². The maximum Gasteiger partial charge on any atom is 0.227 e. The fourth-order valence-electron chi connectivity index (χ4n) is 2.52. The van der Waals surface area contributed by atoms with Crippen molar-refractivity contribution in [2.24, 2.45) is 0 Å². The molecule has 0 saturated heterocycles. The Bertz CT molecular complexity index is 927. The molecule has 7 heteroatoms. The number of hydrogen-bond acceptors (Lipinski definition) is 7. The summed E-state index contributed by atoms with van der Waals surface area (Å²) in [5.41, 5.74) is 0.172. The number of nitrogens with zero attached hydrogens (tertiary/aromatic N) is 1. The molecule has 6 nitrogen and oxygen atoms in total. The smallest absolute Gasteiger partial charge is 0.227 e. The Morgan fingerprint density at radius 1 is 1.23 bits per heavy atom. The van der Waals surface area contributed by atoms with E-state index in [9.17, 15) is 15.0 Å². The Balaban J connectivity index is 2.11. The summed E-state index contributed by atoms with van der Waals surface area (Å²) in [6.45, 7) is -0.440. The van der Waals surface area contributed by atoms with Gasteiger partial charge in [-0.15, -0.1) is 11.8 Å². The van der Waals surface area contributed by atoms with Crippen LogP contribution in [0.1, 0.15) is 23.1 Å². The second kappa shape index (κ2) is 8.07. The van der Waals surface area contributed by atoms with Crippen molar-refractivity contribution in [2.45, 2.75) is 17.5 Å². The van der Waals surface area contributed by atoms with Crippen molar-refractivity contribution < 1.29 is 14.6 Å². The third kappa shape index (κ3) is 3.89.